The molecule has 2 N–H and O–H groups in total. The Labute approximate surface area is 173 Å². The third kappa shape index (κ3) is 6.16. The molecule has 154 valence electrons. The molecule has 1 saturated carbocycles. The molecule has 1 aliphatic carbocycles. The second-order valence-electron chi connectivity index (χ2n) is 7.87. The van der Waals surface area contributed by atoms with E-state index in [1.54, 1.807) is 0 Å². The summed E-state index contributed by atoms with van der Waals surface area (Å²) in [5, 5.41) is 6.98. The van der Waals surface area contributed by atoms with Crippen LogP contribution in [0.4, 0.5) is 0 Å². The number of amides is 1. The molecule has 0 bridgehead atoms. The van der Waals surface area contributed by atoms with Crippen molar-refractivity contribution >= 4 is 23.6 Å². The number of aliphatic imine (C=N–C) groups is 1. The van der Waals surface area contributed by atoms with Gasteiger partial charge in [0.15, 0.2) is 5.96 Å². The summed E-state index contributed by atoms with van der Waals surface area (Å²) in [6.07, 6.45) is 5.03. The number of guanidine groups is 1. The fourth-order valence-corrected chi connectivity index (χ4v) is 4.90. The quantitative estimate of drug-likeness (QED) is 0.587. The summed E-state index contributed by atoms with van der Waals surface area (Å²) < 4.78 is 0. The lowest BCUT2D eigenvalue weighted by Gasteiger charge is -2.34. The Morgan fingerprint density at radius 2 is 1.82 bits per heavy atom. The van der Waals surface area contributed by atoms with Crippen LogP contribution in [0.3, 0.4) is 0 Å². The largest absolute Gasteiger partial charge is 0.356 e. The lowest BCUT2D eigenvalue weighted by molar-refractivity contribution is -0.136. The van der Waals surface area contributed by atoms with Gasteiger partial charge in [-0.1, -0.05) is 29.8 Å². The highest BCUT2D eigenvalue weighted by Crippen LogP contribution is 2.27. The van der Waals surface area contributed by atoms with Crippen LogP contribution in [-0.4, -0.2) is 61.0 Å². The topological polar surface area (TPSA) is 56.7 Å². The molecule has 1 aromatic carbocycles. The molecule has 3 rings (SSSR count). The van der Waals surface area contributed by atoms with Crippen LogP contribution in [-0.2, 0) is 11.2 Å². The summed E-state index contributed by atoms with van der Waals surface area (Å²) in [4.78, 5) is 19.2. The summed E-state index contributed by atoms with van der Waals surface area (Å²) >= 11 is 1.95. The number of hydrogen-bond acceptors (Lipinski definition) is 3. The van der Waals surface area contributed by atoms with E-state index in [1.165, 1.54) is 11.1 Å². The van der Waals surface area contributed by atoms with Crippen LogP contribution in [0, 0.1) is 12.8 Å². The highest BCUT2D eigenvalue weighted by molar-refractivity contribution is 7.99. The van der Waals surface area contributed by atoms with Gasteiger partial charge in [0.1, 0.15) is 0 Å². The van der Waals surface area contributed by atoms with Gasteiger partial charge in [-0.15, -0.1) is 0 Å². The Morgan fingerprint density at radius 1 is 1.14 bits per heavy atom. The molecule has 0 aromatic heterocycles. The molecule has 1 aromatic rings. The van der Waals surface area contributed by atoms with Crippen molar-refractivity contribution in [1.29, 1.82) is 0 Å². The van der Waals surface area contributed by atoms with Crippen molar-refractivity contribution in [3.05, 3.63) is 35.4 Å². The predicted octanol–water partition coefficient (Wildman–Crippen LogP) is 2.84. The number of nitrogens with zero attached hydrogens (tertiary/aromatic N) is 2. The van der Waals surface area contributed by atoms with Gasteiger partial charge in [0.05, 0.1) is 0 Å². The molecule has 2 aliphatic rings. The summed E-state index contributed by atoms with van der Waals surface area (Å²) in [5.74, 6) is 3.66. The molecule has 28 heavy (non-hydrogen) atoms. The van der Waals surface area contributed by atoms with Crippen molar-refractivity contribution in [3.63, 3.8) is 0 Å². The second-order valence-corrected chi connectivity index (χ2v) is 9.09. The Morgan fingerprint density at radius 3 is 2.46 bits per heavy atom. The van der Waals surface area contributed by atoms with Gasteiger partial charge in [-0.2, -0.15) is 11.8 Å². The van der Waals surface area contributed by atoms with Crippen LogP contribution >= 0.6 is 11.8 Å². The van der Waals surface area contributed by atoms with E-state index >= 15 is 0 Å². The van der Waals surface area contributed by atoms with Crippen LogP contribution in [0.1, 0.15) is 36.8 Å². The van der Waals surface area contributed by atoms with Gasteiger partial charge >= 0.3 is 0 Å². The zero-order chi connectivity index (χ0) is 19.8. The maximum atomic E-state index is 12.7. The molecule has 0 spiro atoms. The predicted molar refractivity (Wildman–Crippen MR) is 119 cm³/mol. The minimum absolute atomic E-state index is 0.220. The lowest BCUT2D eigenvalue weighted by Crippen LogP contribution is -2.47. The standard InChI is InChI=1S/C22H34N4OS/c1-17-3-5-18(6-4-17)11-12-24-22(23-2)25-20-9-7-19(8-10-20)21(27)26-13-15-28-16-14-26/h3-6,19-20H,7-16H2,1-2H3,(H2,23,24,25). The molecule has 1 heterocycles. The van der Waals surface area contributed by atoms with Crippen molar-refractivity contribution in [3.8, 4) is 0 Å². The minimum atomic E-state index is 0.220. The summed E-state index contributed by atoms with van der Waals surface area (Å²) in [5.41, 5.74) is 2.63. The number of aryl methyl sites for hydroxylation is 1. The first-order valence-corrected chi connectivity index (χ1v) is 11.7. The second kappa shape index (κ2) is 10.7. The SMILES string of the molecule is CN=C(NCCc1ccc(C)cc1)NC1CCC(C(=O)N2CCSCC2)CC1. The molecular formula is C22H34N4OS. The van der Waals surface area contributed by atoms with Crippen molar-refractivity contribution < 1.29 is 4.79 Å². The molecule has 0 unspecified atom stereocenters. The number of thioether (sulfide) groups is 1. The average molecular weight is 403 g/mol. The fraction of sp³-hybridized carbons (Fsp3) is 0.636. The molecule has 1 amide bonds. The van der Waals surface area contributed by atoms with Gasteiger partial charge in [-0.25, -0.2) is 0 Å². The first-order chi connectivity index (χ1) is 13.7. The number of nitrogens with one attached hydrogen (secondary N) is 2. The van der Waals surface area contributed by atoms with Crippen LogP contribution < -0.4 is 10.6 Å². The van der Waals surface area contributed by atoms with Crippen molar-refractivity contribution in [2.75, 3.05) is 38.2 Å². The van der Waals surface area contributed by atoms with Crippen molar-refractivity contribution in [2.45, 2.75) is 45.1 Å². The fourth-order valence-electron chi connectivity index (χ4n) is 3.99. The normalized spacial score (nSPS) is 23.4. The molecular weight excluding hydrogens is 368 g/mol. The molecule has 5 nitrogen and oxygen atoms in total. The van der Waals surface area contributed by atoms with E-state index in [1.807, 2.05) is 18.8 Å². The van der Waals surface area contributed by atoms with Gasteiger partial charge in [0.25, 0.3) is 0 Å². The van der Waals surface area contributed by atoms with E-state index in [4.69, 9.17) is 0 Å². The molecule has 1 aliphatic heterocycles. The zero-order valence-corrected chi connectivity index (χ0v) is 18.1. The third-order valence-electron chi connectivity index (χ3n) is 5.79. The van der Waals surface area contributed by atoms with Gasteiger partial charge in [-0.05, 0) is 44.6 Å². The lowest BCUT2D eigenvalue weighted by atomic mass is 9.85. The maximum absolute atomic E-state index is 12.7. The van der Waals surface area contributed by atoms with E-state index in [0.717, 1.165) is 69.2 Å². The first kappa shape index (κ1) is 21.0. The summed E-state index contributed by atoms with van der Waals surface area (Å²) in [6, 6.07) is 9.10. The van der Waals surface area contributed by atoms with Crippen LogP contribution in [0.5, 0.6) is 0 Å². The first-order valence-electron chi connectivity index (χ1n) is 10.5. The zero-order valence-electron chi connectivity index (χ0n) is 17.2. The van der Waals surface area contributed by atoms with E-state index in [9.17, 15) is 4.79 Å². The smallest absolute Gasteiger partial charge is 0.225 e. The van der Waals surface area contributed by atoms with Gasteiger partial charge in [0, 0.05) is 50.1 Å². The van der Waals surface area contributed by atoms with Crippen molar-refractivity contribution in [1.82, 2.24) is 15.5 Å². The van der Waals surface area contributed by atoms with Crippen LogP contribution in [0.25, 0.3) is 0 Å². The van der Waals surface area contributed by atoms with Gasteiger partial charge < -0.3 is 15.5 Å². The number of carbonyl (C=O) groups excluding carboxylic acids is 1. The number of benzene rings is 1. The Hall–Kier alpha value is -1.69. The third-order valence-corrected chi connectivity index (χ3v) is 6.73. The highest BCUT2D eigenvalue weighted by atomic mass is 32.2. The Balaban J connectivity index is 1.37. The molecule has 2 fully saturated rings. The number of hydrogen-bond donors (Lipinski definition) is 2. The van der Waals surface area contributed by atoms with Crippen molar-refractivity contribution in [2.24, 2.45) is 10.9 Å². The van der Waals surface area contributed by atoms with E-state index in [-0.39, 0.29) is 5.92 Å². The molecule has 0 atom stereocenters. The molecule has 1 saturated heterocycles. The Bertz CT molecular complexity index is 647. The average Bonchev–Trinajstić information content (AvgIpc) is 2.75. The van der Waals surface area contributed by atoms with E-state index in [2.05, 4.69) is 51.7 Å². The molecule has 0 radical (unpaired) electrons. The van der Waals surface area contributed by atoms with Crippen LogP contribution in [0.2, 0.25) is 0 Å². The number of carbonyl (C=O) groups is 1. The van der Waals surface area contributed by atoms with E-state index < -0.39 is 0 Å². The minimum Gasteiger partial charge on any atom is -0.356 e. The maximum Gasteiger partial charge on any atom is 0.225 e. The summed E-state index contributed by atoms with van der Waals surface area (Å²) in [7, 11) is 1.82. The number of rotatable bonds is 5. The van der Waals surface area contributed by atoms with Gasteiger partial charge in [-0.3, -0.25) is 9.79 Å². The summed E-state index contributed by atoms with van der Waals surface area (Å²) in [6.45, 7) is 4.84. The monoisotopic (exact) mass is 402 g/mol. The van der Waals surface area contributed by atoms with E-state index in [0.29, 0.717) is 11.9 Å². The highest BCUT2D eigenvalue weighted by Gasteiger charge is 2.30. The van der Waals surface area contributed by atoms with Gasteiger partial charge in [0.2, 0.25) is 5.91 Å². The molecule has 6 heteroatoms. The Kier molecular flexibility index (Phi) is 8.07. The van der Waals surface area contributed by atoms with Crippen LogP contribution in [0.15, 0.2) is 29.3 Å².